The molecule has 2 aromatic carbocycles. The molecule has 0 unspecified atom stereocenters. The van der Waals surface area contributed by atoms with Crippen LogP contribution in [0.15, 0.2) is 41.3 Å². The summed E-state index contributed by atoms with van der Waals surface area (Å²) in [5, 5.41) is 11.4. The molecular weight excluding hydrogens is 204 g/mol. The van der Waals surface area contributed by atoms with Crippen molar-refractivity contribution in [2.24, 2.45) is 5.14 Å². The highest BCUT2D eigenvalue weighted by Crippen LogP contribution is 2.29. The second-order valence-corrected chi connectivity index (χ2v) is 3.98. The Kier molecular flexibility index (Phi) is 3.14. The summed E-state index contributed by atoms with van der Waals surface area (Å²) in [7, 11) is 0. The number of anilines is 1. The van der Waals surface area contributed by atoms with E-state index >= 15 is 0 Å². The van der Waals surface area contributed by atoms with Crippen molar-refractivity contribution in [1.82, 2.24) is 0 Å². The molecule has 0 bridgehead atoms. The van der Waals surface area contributed by atoms with Crippen LogP contribution in [0.25, 0.3) is 10.8 Å². The molecular formula is C12H14N2S. The third kappa shape index (κ3) is 1.94. The normalized spacial score (nSPS) is 10.5. The number of fused-ring (bicyclic) bond motifs is 1. The lowest BCUT2D eigenvalue weighted by Gasteiger charge is -2.09. The summed E-state index contributed by atoms with van der Waals surface area (Å²) in [4.78, 5) is 1.12. The van der Waals surface area contributed by atoms with Crippen molar-refractivity contribution in [3.63, 3.8) is 0 Å². The van der Waals surface area contributed by atoms with Crippen molar-refractivity contribution in [3.05, 3.63) is 36.4 Å². The molecule has 0 aliphatic rings. The quantitative estimate of drug-likeness (QED) is 0.777. The van der Waals surface area contributed by atoms with Crippen LogP contribution >= 0.6 is 11.9 Å². The van der Waals surface area contributed by atoms with Gasteiger partial charge in [-0.2, -0.15) is 0 Å². The highest BCUT2D eigenvalue weighted by Gasteiger charge is 2.02. The van der Waals surface area contributed by atoms with Gasteiger partial charge in [-0.15, -0.1) is 0 Å². The molecule has 0 aromatic heterocycles. The van der Waals surface area contributed by atoms with Gasteiger partial charge in [0, 0.05) is 22.5 Å². The smallest absolute Gasteiger partial charge is 0.0420 e. The topological polar surface area (TPSA) is 38.0 Å². The summed E-state index contributed by atoms with van der Waals surface area (Å²) in [6, 6.07) is 12.5. The van der Waals surface area contributed by atoms with Crippen LogP contribution in [-0.4, -0.2) is 6.54 Å². The number of nitrogens with one attached hydrogen (secondary N) is 1. The van der Waals surface area contributed by atoms with E-state index in [1.165, 1.54) is 28.4 Å². The van der Waals surface area contributed by atoms with E-state index in [-0.39, 0.29) is 0 Å². The third-order valence-electron chi connectivity index (χ3n) is 2.38. The van der Waals surface area contributed by atoms with Gasteiger partial charge >= 0.3 is 0 Å². The Bertz CT molecular complexity index is 468. The fraction of sp³-hybridized carbons (Fsp3) is 0.167. The predicted octanol–water partition coefficient (Wildman–Crippen LogP) is 3.24. The lowest BCUT2D eigenvalue weighted by molar-refractivity contribution is 1.22. The molecule has 0 radical (unpaired) electrons. The highest BCUT2D eigenvalue weighted by atomic mass is 32.2. The van der Waals surface area contributed by atoms with Crippen LogP contribution in [0.1, 0.15) is 6.92 Å². The molecule has 3 heteroatoms. The van der Waals surface area contributed by atoms with Gasteiger partial charge in [0.1, 0.15) is 0 Å². The van der Waals surface area contributed by atoms with Crippen molar-refractivity contribution < 1.29 is 0 Å². The molecule has 0 spiro atoms. The lowest BCUT2D eigenvalue weighted by atomic mass is 10.1. The van der Waals surface area contributed by atoms with Gasteiger partial charge in [-0.25, -0.2) is 0 Å². The Morgan fingerprint density at radius 1 is 1.13 bits per heavy atom. The summed E-state index contributed by atoms with van der Waals surface area (Å²) >= 11 is 1.30. The van der Waals surface area contributed by atoms with E-state index in [0.717, 1.165) is 11.4 Å². The molecule has 78 valence electrons. The molecule has 2 nitrogen and oxygen atoms in total. The summed E-state index contributed by atoms with van der Waals surface area (Å²) in [6.07, 6.45) is 0. The second-order valence-electron chi connectivity index (χ2n) is 3.31. The Morgan fingerprint density at radius 3 is 2.60 bits per heavy atom. The summed E-state index contributed by atoms with van der Waals surface area (Å²) in [5.74, 6) is 0. The first kappa shape index (κ1) is 10.3. The molecule has 15 heavy (non-hydrogen) atoms. The highest BCUT2D eigenvalue weighted by molar-refractivity contribution is 7.97. The Balaban J connectivity index is 2.65. The summed E-state index contributed by atoms with van der Waals surface area (Å²) < 4.78 is 0. The Hall–Kier alpha value is -1.19. The molecule has 0 atom stereocenters. The number of nitrogens with two attached hydrogens (primary N) is 1. The van der Waals surface area contributed by atoms with Crippen LogP contribution in [0, 0.1) is 0 Å². The van der Waals surface area contributed by atoms with Gasteiger partial charge in [-0.05, 0) is 36.4 Å². The number of rotatable bonds is 3. The maximum atomic E-state index is 5.64. The van der Waals surface area contributed by atoms with Gasteiger partial charge in [-0.3, -0.25) is 5.14 Å². The van der Waals surface area contributed by atoms with Crippen molar-refractivity contribution >= 4 is 28.4 Å². The first-order valence-corrected chi connectivity index (χ1v) is 5.87. The molecule has 0 saturated heterocycles. The van der Waals surface area contributed by atoms with Gasteiger partial charge in [-0.1, -0.05) is 24.3 Å². The van der Waals surface area contributed by atoms with Crippen LogP contribution in [0.2, 0.25) is 0 Å². The minimum Gasteiger partial charge on any atom is -0.385 e. The first-order chi connectivity index (χ1) is 7.36. The van der Waals surface area contributed by atoms with Gasteiger partial charge < -0.3 is 5.32 Å². The predicted molar refractivity (Wildman–Crippen MR) is 68.2 cm³/mol. The van der Waals surface area contributed by atoms with E-state index < -0.39 is 0 Å². The average Bonchev–Trinajstić information content (AvgIpc) is 2.29. The zero-order valence-corrected chi connectivity index (χ0v) is 9.47. The van der Waals surface area contributed by atoms with Crippen LogP contribution in [0.4, 0.5) is 5.69 Å². The van der Waals surface area contributed by atoms with Crippen molar-refractivity contribution in [2.75, 3.05) is 11.9 Å². The zero-order chi connectivity index (χ0) is 10.7. The van der Waals surface area contributed by atoms with E-state index in [4.69, 9.17) is 5.14 Å². The Morgan fingerprint density at radius 2 is 1.87 bits per heavy atom. The minimum atomic E-state index is 0.930. The van der Waals surface area contributed by atoms with E-state index in [1.54, 1.807) is 0 Å². The van der Waals surface area contributed by atoms with E-state index in [1.807, 2.05) is 12.1 Å². The fourth-order valence-corrected chi connectivity index (χ4v) is 2.19. The van der Waals surface area contributed by atoms with Gasteiger partial charge in [0.2, 0.25) is 0 Å². The van der Waals surface area contributed by atoms with E-state index in [9.17, 15) is 0 Å². The summed E-state index contributed by atoms with van der Waals surface area (Å²) in [6.45, 7) is 3.03. The summed E-state index contributed by atoms with van der Waals surface area (Å²) in [5.41, 5.74) is 1.17. The van der Waals surface area contributed by atoms with Crippen LogP contribution in [0.5, 0.6) is 0 Å². The van der Waals surface area contributed by atoms with Gasteiger partial charge in [0.05, 0.1) is 0 Å². The molecule has 2 aromatic rings. The molecule has 3 N–H and O–H groups in total. The minimum absolute atomic E-state index is 0.930. The van der Waals surface area contributed by atoms with Crippen LogP contribution in [-0.2, 0) is 0 Å². The molecule has 0 saturated carbocycles. The Labute approximate surface area is 94.0 Å². The number of hydrogen-bond donors (Lipinski definition) is 2. The van der Waals surface area contributed by atoms with E-state index in [0.29, 0.717) is 0 Å². The fourth-order valence-electron chi connectivity index (χ4n) is 1.73. The lowest BCUT2D eigenvalue weighted by Crippen LogP contribution is -1.97. The molecule has 0 fully saturated rings. The largest absolute Gasteiger partial charge is 0.385 e. The molecule has 0 amide bonds. The monoisotopic (exact) mass is 218 g/mol. The zero-order valence-electron chi connectivity index (χ0n) is 8.66. The van der Waals surface area contributed by atoms with Gasteiger partial charge in [0.15, 0.2) is 0 Å². The maximum Gasteiger partial charge on any atom is 0.0420 e. The van der Waals surface area contributed by atoms with Crippen LogP contribution in [0.3, 0.4) is 0 Å². The SMILES string of the molecule is CCNc1cccc2c(SN)cccc12. The number of hydrogen-bond acceptors (Lipinski definition) is 3. The first-order valence-electron chi connectivity index (χ1n) is 4.99. The second kappa shape index (κ2) is 4.55. The standard InChI is InChI=1S/C12H14N2S/c1-2-14-11-7-3-6-10-9(11)5-4-8-12(10)15-13/h3-8,14H,2,13H2,1H3. The maximum absolute atomic E-state index is 5.64. The van der Waals surface area contributed by atoms with Crippen LogP contribution < -0.4 is 10.5 Å². The van der Waals surface area contributed by atoms with Crippen molar-refractivity contribution in [3.8, 4) is 0 Å². The third-order valence-corrected chi connectivity index (χ3v) is 2.99. The van der Waals surface area contributed by atoms with Crippen molar-refractivity contribution in [2.45, 2.75) is 11.8 Å². The molecule has 0 aliphatic carbocycles. The van der Waals surface area contributed by atoms with E-state index in [2.05, 4.69) is 36.5 Å². The average molecular weight is 218 g/mol. The number of benzene rings is 2. The van der Waals surface area contributed by atoms with Gasteiger partial charge in [0.25, 0.3) is 0 Å². The molecule has 0 heterocycles. The van der Waals surface area contributed by atoms with Crippen molar-refractivity contribution in [1.29, 1.82) is 0 Å². The molecule has 2 rings (SSSR count). The molecule has 0 aliphatic heterocycles.